The number of benzene rings is 1. The number of anilines is 1. The monoisotopic (exact) mass is 478 g/mol. The number of rotatable bonds is 5. The van der Waals surface area contributed by atoms with Gasteiger partial charge in [0.1, 0.15) is 5.75 Å². The minimum atomic E-state index is -3.74. The van der Waals surface area contributed by atoms with Gasteiger partial charge in [-0.3, -0.25) is 14.5 Å². The Labute approximate surface area is 196 Å². The number of amides is 2. The number of hydrogen-bond donors (Lipinski definition) is 1. The van der Waals surface area contributed by atoms with Gasteiger partial charge in [0.2, 0.25) is 15.9 Å². The first-order valence-electron chi connectivity index (χ1n) is 11.8. The lowest BCUT2D eigenvalue weighted by Gasteiger charge is -2.38. The number of piperidine rings is 1. The van der Waals surface area contributed by atoms with Crippen LogP contribution in [-0.4, -0.2) is 86.3 Å². The molecule has 1 atom stereocenters. The summed E-state index contributed by atoms with van der Waals surface area (Å²) in [6, 6.07) is 3.14. The molecule has 0 aliphatic carbocycles. The Morgan fingerprint density at radius 3 is 2.42 bits per heavy atom. The van der Waals surface area contributed by atoms with E-state index in [0.29, 0.717) is 42.9 Å². The summed E-state index contributed by atoms with van der Waals surface area (Å²) >= 11 is 0. The fourth-order valence-electron chi connectivity index (χ4n) is 4.87. The second kappa shape index (κ2) is 9.60. The average Bonchev–Trinajstić information content (AvgIpc) is 2.80. The van der Waals surface area contributed by atoms with E-state index in [1.54, 1.807) is 19.9 Å². The third-order valence-corrected chi connectivity index (χ3v) is 8.89. The lowest BCUT2D eigenvalue weighted by Crippen LogP contribution is -2.52. The fourth-order valence-corrected chi connectivity index (χ4v) is 6.56. The van der Waals surface area contributed by atoms with Gasteiger partial charge in [0.05, 0.1) is 10.6 Å². The molecule has 1 aromatic rings. The summed E-state index contributed by atoms with van der Waals surface area (Å²) in [5, 5.41) is 2.75. The molecular weight excluding hydrogens is 444 g/mol. The molecule has 1 aromatic carbocycles. The van der Waals surface area contributed by atoms with E-state index >= 15 is 0 Å². The van der Waals surface area contributed by atoms with Gasteiger partial charge in [-0.15, -0.1) is 0 Å². The number of hydrogen-bond acceptors (Lipinski definition) is 6. The van der Waals surface area contributed by atoms with Crippen molar-refractivity contribution in [3.8, 4) is 5.75 Å². The van der Waals surface area contributed by atoms with Crippen LogP contribution < -0.4 is 10.1 Å². The molecular formula is C23H34N4O5S. The quantitative estimate of drug-likeness (QED) is 0.691. The first-order valence-corrected chi connectivity index (χ1v) is 13.3. The SMILES string of the molecule is CCCN1CCN(C(=O)C2CCN(S(=O)(=O)c3cc4c(cc3C)NC(=O)[C@H](C)O4)CC2)CC1. The van der Waals surface area contributed by atoms with E-state index < -0.39 is 16.1 Å². The van der Waals surface area contributed by atoms with Gasteiger partial charge in [-0.05, 0) is 51.3 Å². The predicted molar refractivity (Wildman–Crippen MR) is 125 cm³/mol. The first-order chi connectivity index (χ1) is 15.7. The summed E-state index contributed by atoms with van der Waals surface area (Å²) < 4.78 is 33.9. The Bertz CT molecular complexity index is 1010. The number of fused-ring (bicyclic) bond motifs is 1. The van der Waals surface area contributed by atoms with Crippen LogP contribution >= 0.6 is 0 Å². The number of aryl methyl sites for hydroxylation is 1. The van der Waals surface area contributed by atoms with E-state index in [4.69, 9.17) is 4.74 Å². The normalized spacial score (nSPS) is 23.1. The number of carbonyl (C=O) groups is 2. The summed E-state index contributed by atoms with van der Waals surface area (Å²) in [6.45, 7) is 10.5. The van der Waals surface area contributed by atoms with Crippen LogP contribution in [0.4, 0.5) is 5.69 Å². The van der Waals surface area contributed by atoms with Crippen molar-refractivity contribution >= 4 is 27.5 Å². The standard InChI is InChI=1S/C23H34N4O5S/c1-4-7-25-10-12-26(13-11-25)23(29)18-5-8-27(9-6-18)33(30,31)21-15-20-19(14-16(21)2)24-22(28)17(3)32-20/h14-15,17-18H,4-13H2,1-3H3,(H,24,28)/t17-/m0/s1. The van der Waals surface area contributed by atoms with Gasteiger partial charge in [-0.25, -0.2) is 8.42 Å². The summed E-state index contributed by atoms with van der Waals surface area (Å²) in [5.74, 6) is 0.138. The molecule has 182 valence electrons. The molecule has 3 aliphatic heterocycles. The van der Waals surface area contributed by atoms with Crippen LogP contribution in [0.25, 0.3) is 0 Å². The van der Waals surface area contributed by atoms with Crippen LogP contribution in [0, 0.1) is 12.8 Å². The van der Waals surface area contributed by atoms with Crippen molar-refractivity contribution in [2.45, 2.75) is 51.0 Å². The molecule has 4 rings (SSSR count). The van der Waals surface area contributed by atoms with Gasteiger partial charge in [-0.2, -0.15) is 4.31 Å². The van der Waals surface area contributed by atoms with Gasteiger partial charge >= 0.3 is 0 Å². The van der Waals surface area contributed by atoms with Crippen molar-refractivity contribution in [2.24, 2.45) is 5.92 Å². The third kappa shape index (κ3) is 4.88. The zero-order valence-electron chi connectivity index (χ0n) is 19.7. The lowest BCUT2D eigenvalue weighted by molar-refractivity contribution is -0.138. The molecule has 0 bridgehead atoms. The lowest BCUT2D eigenvalue weighted by atomic mass is 9.96. The second-order valence-electron chi connectivity index (χ2n) is 9.21. The zero-order chi connectivity index (χ0) is 23.8. The van der Waals surface area contributed by atoms with E-state index in [-0.39, 0.29) is 22.6 Å². The number of ether oxygens (including phenoxy) is 1. The highest BCUT2D eigenvalue weighted by Gasteiger charge is 2.36. The molecule has 2 fully saturated rings. The van der Waals surface area contributed by atoms with Crippen LogP contribution in [0.1, 0.15) is 38.7 Å². The average molecular weight is 479 g/mol. The Morgan fingerprint density at radius 1 is 1.12 bits per heavy atom. The van der Waals surface area contributed by atoms with Gasteiger partial charge < -0.3 is 15.0 Å². The molecule has 3 heterocycles. The van der Waals surface area contributed by atoms with Crippen molar-refractivity contribution < 1.29 is 22.7 Å². The smallest absolute Gasteiger partial charge is 0.265 e. The summed E-state index contributed by atoms with van der Waals surface area (Å²) in [7, 11) is -3.74. The predicted octanol–water partition coefficient (Wildman–Crippen LogP) is 1.67. The van der Waals surface area contributed by atoms with Gasteiger partial charge in [0.15, 0.2) is 6.10 Å². The van der Waals surface area contributed by atoms with Crippen LogP contribution in [0.3, 0.4) is 0 Å². The topological polar surface area (TPSA) is 99.3 Å². The Balaban J connectivity index is 1.40. The van der Waals surface area contributed by atoms with Gasteiger partial charge in [-0.1, -0.05) is 6.92 Å². The molecule has 33 heavy (non-hydrogen) atoms. The first kappa shape index (κ1) is 24.0. The van der Waals surface area contributed by atoms with Crippen LogP contribution in [0.5, 0.6) is 5.75 Å². The summed E-state index contributed by atoms with van der Waals surface area (Å²) in [5.41, 5.74) is 1.04. The van der Waals surface area contributed by atoms with Crippen LogP contribution in [0.2, 0.25) is 0 Å². The van der Waals surface area contributed by atoms with Crippen molar-refractivity contribution in [2.75, 3.05) is 51.1 Å². The van der Waals surface area contributed by atoms with Crippen molar-refractivity contribution in [1.82, 2.24) is 14.1 Å². The second-order valence-corrected chi connectivity index (χ2v) is 11.1. The Hall–Kier alpha value is -2.17. The largest absolute Gasteiger partial charge is 0.479 e. The zero-order valence-corrected chi connectivity index (χ0v) is 20.5. The molecule has 2 saturated heterocycles. The van der Waals surface area contributed by atoms with Gasteiger partial charge in [0, 0.05) is 51.3 Å². The Morgan fingerprint density at radius 2 is 1.79 bits per heavy atom. The van der Waals surface area contributed by atoms with Crippen LogP contribution in [-0.2, 0) is 19.6 Å². The minimum Gasteiger partial charge on any atom is -0.479 e. The van der Waals surface area contributed by atoms with Crippen LogP contribution in [0.15, 0.2) is 17.0 Å². The molecule has 0 saturated carbocycles. The highest BCUT2D eigenvalue weighted by Crippen LogP contribution is 2.36. The number of carbonyl (C=O) groups excluding carboxylic acids is 2. The molecule has 2 amide bonds. The van der Waals surface area contributed by atoms with Crippen molar-refractivity contribution in [3.63, 3.8) is 0 Å². The van der Waals surface area contributed by atoms with E-state index in [9.17, 15) is 18.0 Å². The maximum absolute atomic E-state index is 13.4. The van der Waals surface area contributed by atoms with Crippen molar-refractivity contribution in [3.05, 3.63) is 17.7 Å². The molecule has 0 unspecified atom stereocenters. The highest BCUT2D eigenvalue weighted by atomic mass is 32.2. The van der Waals surface area contributed by atoms with E-state index in [2.05, 4.69) is 17.1 Å². The van der Waals surface area contributed by atoms with Gasteiger partial charge in [0.25, 0.3) is 5.91 Å². The maximum atomic E-state index is 13.4. The molecule has 10 heteroatoms. The van der Waals surface area contributed by atoms with E-state index in [0.717, 1.165) is 39.1 Å². The Kier molecular flexibility index (Phi) is 6.97. The van der Waals surface area contributed by atoms with E-state index in [1.165, 1.54) is 10.4 Å². The number of nitrogens with one attached hydrogen (secondary N) is 1. The minimum absolute atomic E-state index is 0.127. The number of piperazine rings is 1. The van der Waals surface area contributed by atoms with E-state index in [1.807, 2.05) is 4.90 Å². The molecule has 9 nitrogen and oxygen atoms in total. The molecule has 0 radical (unpaired) electrons. The summed E-state index contributed by atoms with van der Waals surface area (Å²) in [6.07, 6.45) is 1.49. The molecule has 0 spiro atoms. The third-order valence-electron chi connectivity index (χ3n) is 6.85. The fraction of sp³-hybridized carbons (Fsp3) is 0.652. The number of nitrogens with zero attached hydrogens (tertiary/aromatic N) is 3. The van der Waals surface area contributed by atoms with Crippen molar-refractivity contribution in [1.29, 1.82) is 0 Å². The highest BCUT2D eigenvalue weighted by molar-refractivity contribution is 7.89. The number of sulfonamides is 1. The molecule has 0 aromatic heterocycles. The summed E-state index contributed by atoms with van der Waals surface area (Å²) in [4.78, 5) is 29.4. The molecule has 1 N–H and O–H groups in total. The molecule has 3 aliphatic rings. The maximum Gasteiger partial charge on any atom is 0.265 e.